The van der Waals surface area contributed by atoms with E-state index in [2.05, 4.69) is 26.7 Å². The summed E-state index contributed by atoms with van der Waals surface area (Å²) in [5.41, 5.74) is 1.30. The zero-order valence-corrected chi connectivity index (χ0v) is 11.8. The molecule has 0 aliphatic carbocycles. The number of aromatic nitrogens is 2. The minimum absolute atomic E-state index is 0.575. The van der Waals surface area contributed by atoms with Crippen LogP contribution in [0, 0.1) is 11.3 Å². The van der Waals surface area contributed by atoms with Gasteiger partial charge in [-0.05, 0) is 18.6 Å². The van der Waals surface area contributed by atoms with E-state index in [9.17, 15) is 0 Å². The van der Waals surface area contributed by atoms with Crippen LogP contribution in [0.5, 0.6) is 0 Å². The van der Waals surface area contributed by atoms with Crippen LogP contribution in [-0.4, -0.2) is 30.2 Å². The van der Waals surface area contributed by atoms with E-state index in [-0.39, 0.29) is 0 Å². The largest absolute Gasteiger partial charge is 0.385 e. The van der Waals surface area contributed by atoms with Crippen LogP contribution in [0.25, 0.3) is 0 Å². The number of ether oxygens (including phenoxy) is 1. The molecule has 0 saturated carbocycles. The second-order valence-electron chi connectivity index (χ2n) is 4.34. The Hall–Kier alpha value is -2.65. The van der Waals surface area contributed by atoms with Crippen LogP contribution in [0.3, 0.4) is 0 Å². The molecule has 2 N–H and O–H groups in total. The maximum Gasteiger partial charge on any atom is 0.135 e. The molecule has 21 heavy (non-hydrogen) atoms. The molecule has 0 spiro atoms. The second-order valence-corrected chi connectivity index (χ2v) is 4.34. The predicted octanol–water partition coefficient (Wildman–Crippen LogP) is 2.54. The number of anilines is 3. The van der Waals surface area contributed by atoms with Gasteiger partial charge in [0.05, 0.1) is 11.3 Å². The molecule has 0 atom stereocenters. The van der Waals surface area contributed by atoms with E-state index in [1.807, 2.05) is 18.2 Å². The van der Waals surface area contributed by atoms with Gasteiger partial charge in [0.1, 0.15) is 24.0 Å². The summed E-state index contributed by atoms with van der Waals surface area (Å²) < 4.78 is 4.99. The zero-order valence-electron chi connectivity index (χ0n) is 11.8. The normalized spacial score (nSPS) is 9.90. The summed E-state index contributed by atoms with van der Waals surface area (Å²) in [5, 5.41) is 15.4. The molecule has 6 nitrogen and oxygen atoms in total. The molecule has 0 radical (unpaired) electrons. The van der Waals surface area contributed by atoms with Gasteiger partial charge in [-0.2, -0.15) is 5.26 Å². The van der Waals surface area contributed by atoms with E-state index in [1.165, 1.54) is 6.33 Å². The SMILES string of the molecule is COCCCNc1cc(Nc2ccccc2C#N)ncn1. The Bertz CT molecular complexity index is 623. The van der Waals surface area contributed by atoms with E-state index >= 15 is 0 Å². The Morgan fingerprint density at radius 3 is 2.86 bits per heavy atom. The Morgan fingerprint density at radius 2 is 2.05 bits per heavy atom. The fraction of sp³-hybridized carbons (Fsp3) is 0.267. The fourth-order valence-corrected chi connectivity index (χ4v) is 1.78. The quantitative estimate of drug-likeness (QED) is 0.760. The standard InChI is InChI=1S/C15H17N5O/c1-21-8-4-7-17-14-9-15(19-11-18-14)20-13-6-3-2-5-12(13)10-16/h2-3,5-6,9,11H,4,7-8H2,1H3,(H2,17,18,19,20). The first kappa shape index (κ1) is 14.8. The van der Waals surface area contributed by atoms with Crippen molar-refractivity contribution in [1.29, 1.82) is 5.26 Å². The number of hydrogen-bond donors (Lipinski definition) is 2. The van der Waals surface area contributed by atoms with Crippen LogP contribution in [0.1, 0.15) is 12.0 Å². The van der Waals surface area contributed by atoms with Crippen molar-refractivity contribution in [3.8, 4) is 6.07 Å². The highest BCUT2D eigenvalue weighted by Crippen LogP contribution is 2.19. The molecular formula is C15H17N5O. The Morgan fingerprint density at radius 1 is 1.24 bits per heavy atom. The summed E-state index contributed by atoms with van der Waals surface area (Å²) >= 11 is 0. The lowest BCUT2D eigenvalue weighted by atomic mass is 10.2. The van der Waals surface area contributed by atoms with Gasteiger partial charge in [0.25, 0.3) is 0 Å². The van der Waals surface area contributed by atoms with Crippen LogP contribution in [0.2, 0.25) is 0 Å². The lowest BCUT2D eigenvalue weighted by Crippen LogP contribution is -2.07. The van der Waals surface area contributed by atoms with Gasteiger partial charge in [0.15, 0.2) is 0 Å². The van der Waals surface area contributed by atoms with E-state index in [0.717, 1.165) is 24.5 Å². The van der Waals surface area contributed by atoms with Gasteiger partial charge in [-0.3, -0.25) is 0 Å². The van der Waals surface area contributed by atoms with Gasteiger partial charge in [-0.15, -0.1) is 0 Å². The molecule has 2 aromatic rings. The van der Waals surface area contributed by atoms with Crippen molar-refractivity contribution in [3.63, 3.8) is 0 Å². The number of rotatable bonds is 7. The molecule has 108 valence electrons. The average molecular weight is 283 g/mol. The number of para-hydroxylation sites is 1. The van der Waals surface area contributed by atoms with E-state index < -0.39 is 0 Å². The third kappa shape index (κ3) is 4.44. The molecule has 0 aliphatic heterocycles. The molecule has 0 saturated heterocycles. The number of benzene rings is 1. The lowest BCUT2D eigenvalue weighted by Gasteiger charge is -2.09. The smallest absolute Gasteiger partial charge is 0.135 e. The monoisotopic (exact) mass is 283 g/mol. The number of methoxy groups -OCH3 is 1. The third-order valence-corrected chi connectivity index (χ3v) is 2.81. The summed E-state index contributed by atoms with van der Waals surface area (Å²) in [5.74, 6) is 1.37. The van der Waals surface area contributed by atoms with E-state index in [0.29, 0.717) is 18.0 Å². The highest BCUT2D eigenvalue weighted by atomic mass is 16.5. The summed E-state index contributed by atoms with van der Waals surface area (Å²) in [4.78, 5) is 8.31. The number of nitrogens with one attached hydrogen (secondary N) is 2. The van der Waals surface area contributed by atoms with Crippen LogP contribution in [0.4, 0.5) is 17.3 Å². The molecule has 1 aromatic heterocycles. The molecule has 0 bridgehead atoms. The van der Waals surface area contributed by atoms with Crippen LogP contribution in [-0.2, 0) is 4.74 Å². The van der Waals surface area contributed by atoms with Crippen molar-refractivity contribution in [2.45, 2.75) is 6.42 Å². The van der Waals surface area contributed by atoms with Crippen LogP contribution < -0.4 is 10.6 Å². The molecule has 2 rings (SSSR count). The van der Waals surface area contributed by atoms with Gasteiger partial charge in [0, 0.05) is 26.3 Å². The summed E-state index contributed by atoms with van der Waals surface area (Å²) in [6.07, 6.45) is 2.39. The number of hydrogen-bond acceptors (Lipinski definition) is 6. The molecule has 1 heterocycles. The van der Waals surface area contributed by atoms with Gasteiger partial charge in [-0.25, -0.2) is 9.97 Å². The Kier molecular flexibility index (Phi) is 5.50. The first-order chi connectivity index (χ1) is 10.3. The Balaban J connectivity index is 2.02. The highest BCUT2D eigenvalue weighted by molar-refractivity contribution is 5.65. The molecule has 0 unspecified atom stereocenters. The van der Waals surface area contributed by atoms with E-state index in [1.54, 1.807) is 19.2 Å². The summed E-state index contributed by atoms with van der Waals surface area (Å²) in [7, 11) is 1.68. The second kappa shape index (κ2) is 7.82. The van der Waals surface area contributed by atoms with Gasteiger partial charge in [-0.1, -0.05) is 12.1 Å². The average Bonchev–Trinajstić information content (AvgIpc) is 2.52. The first-order valence-electron chi connectivity index (χ1n) is 6.64. The summed E-state index contributed by atoms with van der Waals surface area (Å²) in [6.45, 7) is 1.48. The maximum absolute atomic E-state index is 9.07. The van der Waals surface area contributed by atoms with E-state index in [4.69, 9.17) is 10.00 Å². The Labute approximate surface area is 123 Å². The molecule has 1 aromatic carbocycles. The zero-order chi connectivity index (χ0) is 14.9. The van der Waals surface area contributed by atoms with Crippen molar-refractivity contribution in [2.75, 3.05) is 30.9 Å². The lowest BCUT2D eigenvalue weighted by molar-refractivity contribution is 0.198. The topological polar surface area (TPSA) is 82.9 Å². The van der Waals surface area contributed by atoms with Gasteiger partial charge in [0.2, 0.25) is 0 Å². The van der Waals surface area contributed by atoms with Gasteiger partial charge >= 0.3 is 0 Å². The fourth-order valence-electron chi connectivity index (χ4n) is 1.78. The minimum atomic E-state index is 0.575. The van der Waals surface area contributed by atoms with Crippen molar-refractivity contribution < 1.29 is 4.74 Å². The number of nitriles is 1. The molecule has 0 amide bonds. The van der Waals surface area contributed by atoms with Crippen molar-refractivity contribution in [3.05, 3.63) is 42.2 Å². The van der Waals surface area contributed by atoms with Gasteiger partial charge < -0.3 is 15.4 Å². The minimum Gasteiger partial charge on any atom is -0.385 e. The maximum atomic E-state index is 9.07. The van der Waals surface area contributed by atoms with Crippen molar-refractivity contribution in [2.24, 2.45) is 0 Å². The van der Waals surface area contributed by atoms with Crippen LogP contribution in [0.15, 0.2) is 36.7 Å². The number of nitrogens with zero attached hydrogens (tertiary/aromatic N) is 3. The molecule has 0 aliphatic rings. The predicted molar refractivity (Wildman–Crippen MR) is 81.5 cm³/mol. The molecule has 0 fully saturated rings. The highest BCUT2D eigenvalue weighted by Gasteiger charge is 2.03. The first-order valence-corrected chi connectivity index (χ1v) is 6.64. The molecular weight excluding hydrogens is 266 g/mol. The molecule has 6 heteroatoms. The van der Waals surface area contributed by atoms with Crippen LogP contribution >= 0.6 is 0 Å². The van der Waals surface area contributed by atoms with Crippen molar-refractivity contribution in [1.82, 2.24) is 9.97 Å². The van der Waals surface area contributed by atoms with Crippen molar-refractivity contribution >= 4 is 17.3 Å². The summed E-state index contributed by atoms with van der Waals surface area (Å²) in [6, 6.07) is 11.2. The third-order valence-electron chi connectivity index (χ3n) is 2.81.